The van der Waals surface area contributed by atoms with Crippen molar-refractivity contribution >= 4 is 5.91 Å². The molecule has 156 valence electrons. The number of piperidine rings is 2. The second kappa shape index (κ2) is 9.37. The predicted octanol–water partition coefficient (Wildman–Crippen LogP) is 1.66. The fraction of sp³-hybridized carbons (Fsp3) is 0.810. The van der Waals surface area contributed by atoms with Gasteiger partial charge in [0.15, 0.2) is 0 Å². The Balaban J connectivity index is 1.23. The summed E-state index contributed by atoms with van der Waals surface area (Å²) in [6, 6.07) is 1.33. The third-order valence-electron chi connectivity index (χ3n) is 6.57. The van der Waals surface area contributed by atoms with E-state index in [9.17, 15) is 4.79 Å². The van der Waals surface area contributed by atoms with Crippen molar-refractivity contribution in [3.63, 3.8) is 0 Å². The minimum absolute atomic E-state index is 0.136. The molecule has 3 fully saturated rings. The molecule has 1 aromatic heterocycles. The standard InChI is InChI=1S/C21H35N5O2/c1-28-12-8-23-21(27)17-3-2-9-25(14-17)18-6-10-24(11-7-18)15-20-13-22-16-26(20)19-4-5-19/h13,16-19H,2-12,14-15H2,1H3,(H,23,27). The lowest BCUT2D eigenvalue weighted by Gasteiger charge is -2.42. The minimum atomic E-state index is 0.136. The van der Waals surface area contributed by atoms with Crippen molar-refractivity contribution in [2.75, 3.05) is 46.4 Å². The molecule has 1 aliphatic carbocycles. The molecule has 0 aromatic carbocycles. The van der Waals surface area contributed by atoms with Gasteiger partial charge in [0.2, 0.25) is 5.91 Å². The molecule has 0 radical (unpaired) electrons. The quantitative estimate of drug-likeness (QED) is 0.685. The van der Waals surface area contributed by atoms with Crippen LogP contribution in [-0.2, 0) is 16.1 Å². The Kier molecular flexibility index (Phi) is 6.65. The molecule has 4 rings (SSSR count). The molecule has 28 heavy (non-hydrogen) atoms. The van der Waals surface area contributed by atoms with Gasteiger partial charge in [-0.3, -0.25) is 14.6 Å². The smallest absolute Gasteiger partial charge is 0.224 e. The van der Waals surface area contributed by atoms with Crippen LogP contribution in [0.1, 0.15) is 50.3 Å². The molecule has 1 atom stereocenters. The molecular formula is C21H35N5O2. The predicted molar refractivity (Wildman–Crippen MR) is 108 cm³/mol. The molecule has 1 aromatic rings. The van der Waals surface area contributed by atoms with Gasteiger partial charge in [-0.25, -0.2) is 4.98 Å². The van der Waals surface area contributed by atoms with Crippen LogP contribution in [0, 0.1) is 5.92 Å². The van der Waals surface area contributed by atoms with Gasteiger partial charge in [0, 0.05) is 58.1 Å². The Morgan fingerprint density at radius 1 is 1.18 bits per heavy atom. The van der Waals surface area contributed by atoms with Gasteiger partial charge < -0.3 is 14.6 Å². The third kappa shape index (κ3) is 4.93. The van der Waals surface area contributed by atoms with Crippen LogP contribution in [0.15, 0.2) is 12.5 Å². The van der Waals surface area contributed by atoms with E-state index in [0.29, 0.717) is 25.2 Å². The van der Waals surface area contributed by atoms with Crippen LogP contribution in [0.25, 0.3) is 0 Å². The van der Waals surface area contributed by atoms with E-state index >= 15 is 0 Å². The number of amides is 1. The highest BCUT2D eigenvalue weighted by Crippen LogP contribution is 2.36. The summed E-state index contributed by atoms with van der Waals surface area (Å²) in [4.78, 5) is 21.9. The van der Waals surface area contributed by atoms with Crippen LogP contribution in [0.2, 0.25) is 0 Å². The number of rotatable bonds is 8. The van der Waals surface area contributed by atoms with Crippen molar-refractivity contribution in [1.82, 2.24) is 24.7 Å². The zero-order valence-corrected chi connectivity index (χ0v) is 17.2. The lowest BCUT2D eigenvalue weighted by atomic mass is 9.93. The molecule has 0 bridgehead atoms. The number of nitrogens with zero attached hydrogens (tertiary/aromatic N) is 4. The van der Waals surface area contributed by atoms with Crippen molar-refractivity contribution in [2.24, 2.45) is 5.92 Å². The third-order valence-corrected chi connectivity index (χ3v) is 6.57. The molecule has 1 unspecified atom stereocenters. The number of imidazole rings is 1. The number of methoxy groups -OCH3 is 1. The molecule has 1 saturated carbocycles. The average Bonchev–Trinajstić information content (AvgIpc) is 3.48. The molecule has 7 heteroatoms. The van der Waals surface area contributed by atoms with Crippen LogP contribution < -0.4 is 5.32 Å². The van der Waals surface area contributed by atoms with Crippen LogP contribution in [-0.4, -0.2) is 77.7 Å². The monoisotopic (exact) mass is 389 g/mol. The number of likely N-dealkylation sites (tertiary alicyclic amines) is 2. The second-order valence-corrected chi connectivity index (χ2v) is 8.65. The number of hydrogen-bond acceptors (Lipinski definition) is 5. The number of ether oxygens (including phenoxy) is 1. The van der Waals surface area contributed by atoms with E-state index in [1.54, 1.807) is 7.11 Å². The zero-order valence-electron chi connectivity index (χ0n) is 17.2. The summed E-state index contributed by atoms with van der Waals surface area (Å²) in [5.74, 6) is 0.337. The largest absolute Gasteiger partial charge is 0.383 e. The lowest BCUT2D eigenvalue weighted by molar-refractivity contribution is -0.127. The Morgan fingerprint density at radius 3 is 2.75 bits per heavy atom. The van der Waals surface area contributed by atoms with E-state index in [1.807, 2.05) is 12.5 Å². The van der Waals surface area contributed by atoms with Crippen molar-refractivity contribution < 1.29 is 9.53 Å². The van der Waals surface area contributed by atoms with E-state index in [0.717, 1.165) is 45.6 Å². The van der Waals surface area contributed by atoms with Gasteiger partial charge in [-0.1, -0.05) is 0 Å². The molecule has 1 N–H and O–H groups in total. The highest BCUT2D eigenvalue weighted by molar-refractivity contribution is 5.78. The fourth-order valence-corrected chi connectivity index (χ4v) is 4.78. The highest BCUT2D eigenvalue weighted by Gasteiger charge is 2.32. The topological polar surface area (TPSA) is 62.6 Å². The van der Waals surface area contributed by atoms with Gasteiger partial charge in [0.05, 0.1) is 24.5 Å². The summed E-state index contributed by atoms with van der Waals surface area (Å²) in [5.41, 5.74) is 1.37. The van der Waals surface area contributed by atoms with Gasteiger partial charge >= 0.3 is 0 Å². The first-order valence-corrected chi connectivity index (χ1v) is 11.0. The highest BCUT2D eigenvalue weighted by atomic mass is 16.5. The first-order valence-electron chi connectivity index (χ1n) is 11.0. The summed E-state index contributed by atoms with van der Waals surface area (Å²) in [6.07, 6.45) is 11.2. The van der Waals surface area contributed by atoms with Crippen LogP contribution in [0.3, 0.4) is 0 Å². The first-order chi connectivity index (χ1) is 13.7. The van der Waals surface area contributed by atoms with Gasteiger partial charge in [-0.2, -0.15) is 0 Å². The number of aromatic nitrogens is 2. The molecule has 0 spiro atoms. The summed E-state index contributed by atoms with van der Waals surface area (Å²) < 4.78 is 7.41. The van der Waals surface area contributed by atoms with Crippen LogP contribution in [0.4, 0.5) is 0 Å². The van der Waals surface area contributed by atoms with Crippen molar-refractivity contribution in [3.8, 4) is 0 Å². The Labute approximate surface area is 168 Å². The summed E-state index contributed by atoms with van der Waals surface area (Å²) in [5, 5.41) is 3.02. The normalized spacial score (nSPS) is 25.1. The number of nitrogens with one attached hydrogen (secondary N) is 1. The maximum absolute atomic E-state index is 12.4. The van der Waals surface area contributed by atoms with Crippen molar-refractivity contribution in [2.45, 2.75) is 57.2 Å². The van der Waals surface area contributed by atoms with Gasteiger partial charge in [-0.15, -0.1) is 0 Å². The summed E-state index contributed by atoms with van der Waals surface area (Å²) in [6.45, 7) is 6.55. The van der Waals surface area contributed by atoms with Gasteiger partial charge in [0.1, 0.15) is 0 Å². The molecule has 2 saturated heterocycles. The Hall–Kier alpha value is -1.44. The SMILES string of the molecule is COCCNC(=O)C1CCCN(C2CCN(Cc3cncn3C3CC3)CC2)C1. The molecule has 1 amide bonds. The zero-order chi connectivity index (χ0) is 19.3. The summed E-state index contributed by atoms with van der Waals surface area (Å²) >= 11 is 0. The maximum atomic E-state index is 12.4. The van der Waals surface area contributed by atoms with E-state index in [-0.39, 0.29) is 11.8 Å². The number of hydrogen-bond donors (Lipinski definition) is 1. The Morgan fingerprint density at radius 2 is 2.00 bits per heavy atom. The minimum Gasteiger partial charge on any atom is -0.383 e. The van der Waals surface area contributed by atoms with Crippen LogP contribution >= 0.6 is 0 Å². The van der Waals surface area contributed by atoms with E-state index in [4.69, 9.17) is 4.74 Å². The van der Waals surface area contributed by atoms with Gasteiger partial charge in [0.25, 0.3) is 0 Å². The fourth-order valence-electron chi connectivity index (χ4n) is 4.78. The second-order valence-electron chi connectivity index (χ2n) is 8.65. The number of carbonyl (C=O) groups is 1. The lowest BCUT2D eigenvalue weighted by Crippen LogP contribution is -2.50. The summed E-state index contributed by atoms with van der Waals surface area (Å²) in [7, 11) is 1.67. The molecule has 3 aliphatic rings. The van der Waals surface area contributed by atoms with Gasteiger partial charge in [-0.05, 0) is 45.1 Å². The van der Waals surface area contributed by atoms with E-state index < -0.39 is 0 Å². The van der Waals surface area contributed by atoms with Crippen molar-refractivity contribution in [3.05, 3.63) is 18.2 Å². The van der Waals surface area contributed by atoms with E-state index in [1.165, 1.54) is 31.4 Å². The Bertz CT molecular complexity index is 636. The molecule has 3 heterocycles. The number of carbonyl (C=O) groups excluding carboxylic acids is 1. The maximum Gasteiger partial charge on any atom is 0.224 e. The van der Waals surface area contributed by atoms with Crippen LogP contribution in [0.5, 0.6) is 0 Å². The molecule has 2 aliphatic heterocycles. The molecule has 7 nitrogen and oxygen atoms in total. The van der Waals surface area contributed by atoms with E-state index in [2.05, 4.69) is 24.7 Å². The van der Waals surface area contributed by atoms with Crippen molar-refractivity contribution in [1.29, 1.82) is 0 Å². The first kappa shape index (κ1) is 19.9. The molecular weight excluding hydrogens is 354 g/mol. The average molecular weight is 390 g/mol.